The van der Waals surface area contributed by atoms with Crippen molar-refractivity contribution in [1.82, 2.24) is 0 Å². The van der Waals surface area contributed by atoms with Gasteiger partial charge in [-0.2, -0.15) is 0 Å². The van der Waals surface area contributed by atoms with Crippen LogP contribution in [0.1, 0.15) is 101 Å². The topological polar surface area (TPSA) is 0 Å². The Kier molecular flexibility index (Phi) is 21.5. The third kappa shape index (κ3) is 15.3. The van der Waals surface area contributed by atoms with Gasteiger partial charge in [0.1, 0.15) is 0 Å². The SMILES string of the molecule is C1=C(c2ccc3c(-c4cccc5ccccc45)c4ccccc4c(-c4ccc5ccccc5c4)c3c2)CCc2ccccc21.CC(C)(C)C1CC=C(c2ccc3c(-c4ccc(-c5ccccc5)cc4)c4ccccc4c(-c4cccc5ccccc45)c3c2)CC1.CC1C=C(c2ccc3c(-c4cc5ccccc5c5ccccc45)c4ccccc4c(-c4ccc5ccccc5c4)c3c2)CC(C)C1. The molecule has 0 N–H and O–H groups in total. The van der Waals surface area contributed by atoms with Gasteiger partial charge in [0.15, 0.2) is 0 Å². The van der Waals surface area contributed by atoms with Crippen LogP contribution >= 0.6 is 0 Å². The smallest absolute Gasteiger partial charge is 0.00199 e. The maximum Gasteiger partial charge on any atom is -0.00199 e. The summed E-state index contributed by atoms with van der Waals surface area (Å²) >= 11 is 0. The molecule has 0 saturated heterocycles. The van der Waals surface area contributed by atoms with E-state index < -0.39 is 0 Å². The van der Waals surface area contributed by atoms with E-state index in [-0.39, 0.29) is 0 Å². The van der Waals surface area contributed by atoms with Crippen molar-refractivity contribution in [2.75, 3.05) is 0 Å². The van der Waals surface area contributed by atoms with Gasteiger partial charge in [0, 0.05) is 0 Å². The number of fused-ring (bicyclic) bond motifs is 14. The first-order valence-corrected chi connectivity index (χ1v) is 49.1. The van der Waals surface area contributed by atoms with Crippen LogP contribution in [0.4, 0.5) is 0 Å². The summed E-state index contributed by atoms with van der Waals surface area (Å²) < 4.78 is 0. The van der Waals surface area contributed by atoms with E-state index in [0.29, 0.717) is 17.3 Å². The number of benzene rings is 23. The lowest BCUT2D eigenvalue weighted by Crippen LogP contribution is -2.21. The summed E-state index contributed by atoms with van der Waals surface area (Å²) in [5.74, 6) is 2.03. The van der Waals surface area contributed by atoms with Gasteiger partial charge in [-0.3, -0.25) is 0 Å². The van der Waals surface area contributed by atoms with Crippen LogP contribution in [0.15, 0.2) is 443 Å². The van der Waals surface area contributed by atoms with Gasteiger partial charge in [0.25, 0.3) is 0 Å². The Morgan fingerprint density at radius 2 is 0.610 bits per heavy atom. The van der Waals surface area contributed by atoms with Crippen LogP contribution in [0.5, 0.6) is 0 Å². The molecule has 23 aromatic rings. The number of hydrogen-bond acceptors (Lipinski definition) is 0. The molecule has 3 aliphatic carbocycles. The molecule has 23 aromatic carbocycles. The molecule has 0 spiro atoms. The molecule has 0 fully saturated rings. The molecular formula is C136H106. The molecule has 0 aromatic heterocycles. The van der Waals surface area contributed by atoms with E-state index in [1.165, 1.54) is 265 Å². The van der Waals surface area contributed by atoms with Gasteiger partial charge in [-0.25, -0.2) is 0 Å². The maximum atomic E-state index is 2.53. The number of rotatable bonds is 10. The Bertz CT molecular complexity index is 8810. The van der Waals surface area contributed by atoms with E-state index in [4.69, 9.17) is 0 Å². The highest BCUT2D eigenvalue weighted by Gasteiger charge is 2.30. The Morgan fingerprint density at radius 1 is 0.228 bits per heavy atom. The number of hydrogen-bond donors (Lipinski definition) is 0. The first-order chi connectivity index (χ1) is 66.9. The molecule has 0 saturated carbocycles. The zero-order valence-electron chi connectivity index (χ0n) is 77.9. The van der Waals surface area contributed by atoms with Crippen LogP contribution in [-0.2, 0) is 6.42 Å². The van der Waals surface area contributed by atoms with Crippen LogP contribution in [0.3, 0.4) is 0 Å². The van der Waals surface area contributed by atoms with Crippen LogP contribution in [0.25, 0.3) is 230 Å². The molecule has 0 nitrogen and oxygen atoms in total. The van der Waals surface area contributed by atoms with Crippen molar-refractivity contribution < 1.29 is 0 Å². The predicted octanol–water partition coefficient (Wildman–Crippen LogP) is 38.7. The number of allylic oxidation sites excluding steroid dienone is 5. The lowest BCUT2D eigenvalue weighted by atomic mass is 9.72. The molecule has 0 amide bonds. The summed E-state index contributed by atoms with van der Waals surface area (Å²) in [6, 6.07) is 160. The molecule has 136 heavy (non-hydrogen) atoms. The summed E-state index contributed by atoms with van der Waals surface area (Å²) in [5, 5.41) is 31.0. The van der Waals surface area contributed by atoms with E-state index in [1.54, 1.807) is 0 Å². The molecule has 3 unspecified atom stereocenters. The van der Waals surface area contributed by atoms with Crippen molar-refractivity contribution in [1.29, 1.82) is 0 Å². The highest BCUT2D eigenvalue weighted by Crippen LogP contribution is 2.53. The minimum atomic E-state index is 0.344. The lowest BCUT2D eigenvalue weighted by Gasteiger charge is -2.33. The molecule has 3 atom stereocenters. The van der Waals surface area contributed by atoms with Gasteiger partial charge in [-0.05, 0) is 356 Å². The van der Waals surface area contributed by atoms with Gasteiger partial charge < -0.3 is 0 Å². The molecule has 26 rings (SSSR count). The number of aryl methyl sites for hydroxylation is 1. The fourth-order valence-corrected chi connectivity index (χ4v) is 23.6. The Hall–Kier alpha value is -15.6. The maximum absolute atomic E-state index is 2.53. The summed E-state index contributed by atoms with van der Waals surface area (Å²) in [6.45, 7) is 11.9. The molecule has 3 aliphatic rings. The third-order valence-electron chi connectivity index (χ3n) is 30.2. The van der Waals surface area contributed by atoms with E-state index in [0.717, 1.165) is 38.0 Å². The molecular weight excluding hydrogens is 1630 g/mol. The van der Waals surface area contributed by atoms with Crippen LogP contribution in [0.2, 0.25) is 0 Å². The highest BCUT2D eigenvalue weighted by atomic mass is 14.3. The molecule has 0 bridgehead atoms. The average Bonchev–Trinajstić information content (AvgIpc) is 0.725. The minimum Gasteiger partial charge on any atom is -0.0804 e. The largest absolute Gasteiger partial charge is 0.0804 e. The van der Waals surface area contributed by atoms with Crippen molar-refractivity contribution in [3.05, 3.63) is 471 Å². The molecule has 0 radical (unpaired) electrons. The van der Waals surface area contributed by atoms with Gasteiger partial charge >= 0.3 is 0 Å². The quantitative estimate of drug-likeness (QED) is 0.0946. The van der Waals surface area contributed by atoms with Crippen molar-refractivity contribution in [2.45, 2.75) is 79.6 Å². The second-order valence-corrected chi connectivity index (χ2v) is 39.6. The monoisotopic (exact) mass is 1740 g/mol. The molecule has 650 valence electrons. The molecule has 0 heterocycles. The van der Waals surface area contributed by atoms with Gasteiger partial charge in [0.05, 0.1) is 0 Å². The van der Waals surface area contributed by atoms with Crippen LogP contribution in [-0.4, -0.2) is 0 Å². The summed E-state index contributed by atoms with van der Waals surface area (Å²) in [5.41, 5.74) is 29.6. The zero-order chi connectivity index (χ0) is 91.1. The normalized spacial score (nSPS) is 15.1. The van der Waals surface area contributed by atoms with E-state index in [1.807, 2.05) is 0 Å². The van der Waals surface area contributed by atoms with Crippen molar-refractivity contribution in [2.24, 2.45) is 23.2 Å². The summed E-state index contributed by atoms with van der Waals surface area (Å²) in [4.78, 5) is 0. The first kappa shape index (κ1) is 83.5. The second-order valence-electron chi connectivity index (χ2n) is 39.6. The zero-order valence-corrected chi connectivity index (χ0v) is 77.9. The van der Waals surface area contributed by atoms with E-state index in [9.17, 15) is 0 Å². The standard InChI is InChI=1S/C46H36.C46H40.C44H30/c1-29-23-30(2)25-36(24-29)33-21-22-42-44(27-33)45(35-20-19-31-11-3-4-12-32(31)26-35)40-17-9-10-18-41(40)46(42)43-28-34-13-5-6-14-37(34)38-15-7-8-16-39(38)43;1-46(2,3)37-27-24-33(25-28-37)36-26-29-42-43(30-36)45(39-19-11-15-34-14-7-8-16-38(34)39)41-18-10-9-17-40(41)44(42)35-22-20-32(21-23-35)31-12-5-4-6-13-31;1-3-13-32-26-34(22-20-29(32)10-1)35-24-25-41-42(28-35)43(36-23-21-30-11-2-4-14-33(30)27-36)39-17-7-8-18-40(39)44(41)38-19-9-15-31-12-5-6-16-37(31)38/h3-22,24,26-30H,23,25H2,1-2H3;4-24,26,29-30,37H,25,27-28H2,1-3H3;1-19,21,23-28H,20,22H2. The Balaban J connectivity index is 0.000000112. The predicted molar refractivity (Wildman–Crippen MR) is 590 cm³/mol. The van der Waals surface area contributed by atoms with Gasteiger partial charge in [-0.15, -0.1) is 0 Å². The van der Waals surface area contributed by atoms with Crippen molar-refractivity contribution in [3.63, 3.8) is 0 Å². The van der Waals surface area contributed by atoms with Crippen molar-refractivity contribution >= 4 is 152 Å². The Morgan fingerprint density at radius 3 is 1.15 bits per heavy atom. The molecule has 0 heteroatoms. The van der Waals surface area contributed by atoms with Crippen LogP contribution in [0, 0.1) is 23.2 Å². The molecule has 0 aliphatic heterocycles. The summed E-state index contributed by atoms with van der Waals surface area (Å²) in [6.07, 6.45) is 15.5. The minimum absolute atomic E-state index is 0.344. The lowest BCUT2D eigenvalue weighted by molar-refractivity contribution is 0.225. The third-order valence-corrected chi connectivity index (χ3v) is 30.2. The fourth-order valence-electron chi connectivity index (χ4n) is 23.6. The van der Waals surface area contributed by atoms with Crippen LogP contribution < -0.4 is 0 Å². The summed E-state index contributed by atoms with van der Waals surface area (Å²) in [7, 11) is 0. The second kappa shape index (κ2) is 35.1. The van der Waals surface area contributed by atoms with Gasteiger partial charge in [-0.1, -0.05) is 447 Å². The van der Waals surface area contributed by atoms with Crippen molar-refractivity contribution in [3.8, 4) is 77.9 Å². The fraction of sp³-hybridized carbons (Fsp3) is 0.118. The average molecular weight is 1740 g/mol. The highest BCUT2D eigenvalue weighted by molar-refractivity contribution is 6.29. The van der Waals surface area contributed by atoms with Gasteiger partial charge in [0.2, 0.25) is 0 Å². The Labute approximate surface area is 797 Å². The van der Waals surface area contributed by atoms with E-state index >= 15 is 0 Å². The first-order valence-electron chi connectivity index (χ1n) is 49.1. The van der Waals surface area contributed by atoms with E-state index in [2.05, 4.69) is 484 Å².